The lowest BCUT2D eigenvalue weighted by Gasteiger charge is -2.24. The predicted octanol–water partition coefficient (Wildman–Crippen LogP) is 4.09. The zero-order valence-corrected chi connectivity index (χ0v) is 19.1. The highest BCUT2D eigenvalue weighted by molar-refractivity contribution is 6.03. The highest BCUT2D eigenvalue weighted by Crippen LogP contribution is 2.33. The summed E-state index contributed by atoms with van der Waals surface area (Å²) in [6.07, 6.45) is 7.64. The molecule has 5 heterocycles. The number of pyridine rings is 2. The fourth-order valence-electron chi connectivity index (χ4n) is 5.00. The second-order valence-electron chi connectivity index (χ2n) is 9.04. The van der Waals surface area contributed by atoms with Crippen molar-refractivity contribution >= 4 is 22.8 Å². The van der Waals surface area contributed by atoms with Crippen LogP contribution in [0.5, 0.6) is 0 Å². The van der Waals surface area contributed by atoms with Crippen LogP contribution in [0.4, 0.5) is 0 Å². The van der Waals surface area contributed by atoms with Crippen LogP contribution in [0.25, 0.3) is 33.3 Å². The molecule has 1 saturated heterocycles. The third-order valence-electron chi connectivity index (χ3n) is 6.93. The molecule has 2 aliphatic heterocycles. The van der Waals surface area contributed by atoms with E-state index in [0.717, 1.165) is 71.3 Å². The summed E-state index contributed by atoms with van der Waals surface area (Å²) in [5.41, 5.74) is 6.16. The first kappa shape index (κ1) is 20.6. The van der Waals surface area contributed by atoms with Crippen molar-refractivity contribution in [3.63, 3.8) is 0 Å². The number of benzene rings is 1. The molecule has 2 aliphatic rings. The molecule has 6 rings (SSSR count). The molecule has 4 aromatic rings. The maximum Gasteiger partial charge on any atom is 0.270 e. The monoisotopic (exact) mass is 451 g/mol. The van der Waals surface area contributed by atoms with Crippen molar-refractivity contribution in [3.05, 3.63) is 72.3 Å². The maximum atomic E-state index is 12.7. The van der Waals surface area contributed by atoms with E-state index in [1.54, 1.807) is 11.1 Å². The summed E-state index contributed by atoms with van der Waals surface area (Å²) in [7, 11) is 1.83. The van der Waals surface area contributed by atoms with Gasteiger partial charge in [0, 0.05) is 73.9 Å². The van der Waals surface area contributed by atoms with Crippen molar-refractivity contribution in [2.45, 2.75) is 19.4 Å². The number of fused-ring (bicyclic) bond motifs is 3. The molecule has 3 aromatic heterocycles. The fraction of sp³-hybridized carbons (Fsp3) is 0.259. The number of nitrogens with zero attached hydrogens (tertiary/aromatic N) is 5. The number of hydrogen-bond donors (Lipinski definition) is 0. The van der Waals surface area contributed by atoms with E-state index in [1.165, 1.54) is 0 Å². The van der Waals surface area contributed by atoms with Gasteiger partial charge in [0.2, 0.25) is 0 Å². The largest absolute Gasteiger partial charge is 0.339 e. The van der Waals surface area contributed by atoms with Crippen LogP contribution in [0.15, 0.2) is 61.1 Å². The Bertz CT molecular complexity index is 1420. The van der Waals surface area contributed by atoms with Crippen LogP contribution in [0.3, 0.4) is 0 Å². The fourth-order valence-corrected chi connectivity index (χ4v) is 5.00. The predicted molar refractivity (Wildman–Crippen MR) is 130 cm³/mol. The number of aromatic nitrogens is 3. The number of rotatable bonds is 3. The third kappa shape index (κ3) is 3.36. The van der Waals surface area contributed by atoms with Crippen LogP contribution in [0.2, 0.25) is 0 Å². The number of carbonyl (C=O) groups excluding carboxylic acids is 2. The molecule has 1 aromatic carbocycles. The van der Waals surface area contributed by atoms with Gasteiger partial charge in [-0.05, 0) is 54.3 Å². The minimum Gasteiger partial charge on any atom is -0.339 e. The van der Waals surface area contributed by atoms with Crippen molar-refractivity contribution < 1.29 is 9.59 Å². The quantitative estimate of drug-likeness (QED) is 0.470. The minimum absolute atomic E-state index is 0.0191. The Morgan fingerprint density at radius 3 is 2.44 bits per heavy atom. The minimum atomic E-state index is 0.0191. The third-order valence-corrected chi connectivity index (χ3v) is 6.93. The van der Waals surface area contributed by atoms with Crippen molar-refractivity contribution in [2.24, 2.45) is 0 Å². The summed E-state index contributed by atoms with van der Waals surface area (Å²) in [4.78, 5) is 38.1. The maximum absolute atomic E-state index is 12.7. The lowest BCUT2D eigenvalue weighted by molar-refractivity contribution is 0.0749. The zero-order chi connectivity index (χ0) is 23.2. The van der Waals surface area contributed by atoms with Gasteiger partial charge in [0.1, 0.15) is 11.3 Å². The van der Waals surface area contributed by atoms with E-state index in [-0.39, 0.29) is 11.8 Å². The SMILES string of the molecule is CN1CCn2c(cc3c(-c4cncc(-c5ccc(C(=O)N6CCCC6)cc5)c4)ccnc32)C1=O. The Kier molecular flexibility index (Phi) is 4.90. The van der Waals surface area contributed by atoms with E-state index < -0.39 is 0 Å². The van der Waals surface area contributed by atoms with Crippen molar-refractivity contribution in [3.8, 4) is 22.3 Å². The van der Waals surface area contributed by atoms with Gasteiger partial charge in [-0.3, -0.25) is 14.6 Å². The first-order valence-electron chi connectivity index (χ1n) is 11.7. The Morgan fingerprint density at radius 1 is 0.882 bits per heavy atom. The van der Waals surface area contributed by atoms with Crippen LogP contribution in [0, 0.1) is 0 Å². The number of hydrogen-bond acceptors (Lipinski definition) is 4. The average molecular weight is 452 g/mol. The number of likely N-dealkylation sites (tertiary alicyclic amines) is 1. The van der Waals surface area contributed by atoms with Crippen LogP contribution in [-0.2, 0) is 6.54 Å². The molecule has 1 fully saturated rings. The van der Waals surface area contributed by atoms with Crippen molar-refractivity contribution in [1.82, 2.24) is 24.3 Å². The van der Waals surface area contributed by atoms with Crippen molar-refractivity contribution in [1.29, 1.82) is 0 Å². The average Bonchev–Trinajstić information content (AvgIpc) is 3.55. The lowest BCUT2D eigenvalue weighted by atomic mass is 10.00. The summed E-state index contributed by atoms with van der Waals surface area (Å²) >= 11 is 0. The van der Waals surface area contributed by atoms with Crippen LogP contribution < -0.4 is 0 Å². The summed E-state index contributed by atoms with van der Waals surface area (Å²) in [5.74, 6) is 0.124. The Balaban J connectivity index is 1.35. The number of amides is 2. The normalized spacial score (nSPS) is 15.7. The van der Waals surface area contributed by atoms with Crippen LogP contribution in [-0.4, -0.2) is 62.8 Å². The molecule has 34 heavy (non-hydrogen) atoms. The van der Waals surface area contributed by atoms with Gasteiger partial charge in [0.25, 0.3) is 11.8 Å². The molecule has 0 saturated carbocycles. The first-order valence-corrected chi connectivity index (χ1v) is 11.7. The zero-order valence-electron chi connectivity index (χ0n) is 19.1. The molecule has 0 N–H and O–H groups in total. The molecule has 7 nitrogen and oxygen atoms in total. The molecule has 0 bridgehead atoms. The first-order chi connectivity index (χ1) is 16.6. The molecular formula is C27H25N5O2. The van der Waals surface area contributed by atoms with Gasteiger partial charge in [-0.2, -0.15) is 0 Å². The number of likely N-dealkylation sites (N-methyl/N-ethyl adjacent to an activating group) is 1. The van der Waals surface area contributed by atoms with E-state index in [9.17, 15) is 9.59 Å². The molecule has 0 unspecified atom stereocenters. The summed E-state index contributed by atoms with van der Waals surface area (Å²) in [5, 5.41) is 0.951. The smallest absolute Gasteiger partial charge is 0.270 e. The van der Waals surface area contributed by atoms with Gasteiger partial charge in [-0.15, -0.1) is 0 Å². The van der Waals surface area contributed by atoms with Gasteiger partial charge in [0.15, 0.2) is 0 Å². The molecule has 170 valence electrons. The molecule has 0 aliphatic carbocycles. The van der Waals surface area contributed by atoms with Gasteiger partial charge in [0.05, 0.1) is 0 Å². The topological polar surface area (TPSA) is 71.3 Å². The van der Waals surface area contributed by atoms with Crippen LogP contribution >= 0.6 is 0 Å². The van der Waals surface area contributed by atoms with Gasteiger partial charge in [-0.1, -0.05) is 12.1 Å². The lowest BCUT2D eigenvalue weighted by Crippen LogP contribution is -2.36. The molecule has 7 heteroatoms. The van der Waals surface area contributed by atoms with E-state index >= 15 is 0 Å². The Labute approximate surface area is 197 Å². The number of carbonyl (C=O) groups is 2. The van der Waals surface area contributed by atoms with E-state index in [2.05, 4.69) is 16.0 Å². The molecule has 0 atom stereocenters. The van der Waals surface area contributed by atoms with Gasteiger partial charge < -0.3 is 14.4 Å². The molecule has 2 amide bonds. The van der Waals surface area contributed by atoms with E-state index in [0.29, 0.717) is 12.2 Å². The molecular weight excluding hydrogens is 426 g/mol. The van der Waals surface area contributed by atoms with Crippen LogP contribution in [0.1, 0.15) is 33.7 Å². The van der Waals surface area contributed by atoms with E-state index in [1.807, 2.05) is 65.3 Å². The summed E-state index contributed by atoms with van der Waals surface area (Å²) in [6.45, 7) is 3.10. The standard InChI is InChI=1S/C27H25N5O2/c1-30-12-13-32-24(27(30)34)15-23-22(8-9-29-25(23)32)21-14-20(16-28-17-21)18-4-6-19(7-5-18)26(33)31-10-2-3-11-31/h4-9,14-17H,2-3,10-13H2,1H3. The van der Waals surface area contributed by atoms with E-state index in [4.69, 9.17) is 0 Å². The van der Waals surface area contributed by atoms with Gasteiger partial charge >= 0.3 is 0 Å². The second kappa shape index (κ2) is 8.09. The molecule has 0 spiro atoms. The Hall–Kier alpha value is -4.00. The molecule has 0 radical (unpaired) electrons. The highest BCUT2D eigenvalue weighted by atomic mass is 16.2. The van der Waals surface area contributed by atoms with Gasteiger partial charge in [-0.25, -0.2) is 4.98 Å². The Morgan fingerprint density at radius 2 is 1.65 bits per heavy atom. The second-order valence-corrected chi connectivity index (χ2v) is 9.04. The summed E-state index contributed by atoms with van der Waals surface area (Å²) in [6, 6.07) is 13.8. The van der Waals surface area contributed by atoms with Crippen molar-refractivity contribution in [2.75, 3.05) is 26.7 Å². The highest BCUT2D eigenvalue weighted by Gasteiger charge is 2.25. The summed E-state index contributed by atoms with van der Waals surface area (Å²) < 4.78 is 2.01.